The molecular weight excluding hydrogens is 388 g/mol. The molecule has 0 spiro atoms. The van der Waals surface area contributed by atoms with Crippen molar-refractivity contribution in [2.24, 2.45) is 0 Å². The van der Waals surface area contributed by atoms with Crippen LogP contribution in [0.5, 0.6) is 11.5 Å². The van der Waals surface area contributed by atoms with Crippen LogP contribution in [0.2, 0.25) is 0 Å². The summed E-state index contributed by atoms with van der Waals surface area (Å²) in [6.07, 6.45) is 2.81. The van der Waals surface area contributed by atoms with E-state index in [-0.39, 0.29) is 12.4 Å². The third kappa shape index (κ3) is 5.46. The van der Waals surface area contributed by atoms with Gasteiger partial charge in [-0.3, -0.25) is 4.79 Å². The Labute approximate surface area is 154 Å². The highest BCUT2D eigenvalue weighted by Crippen LogP contribution is 2.25. The average molecular weight is 405 g/mol. The van der Waals surface area contributed by atoms with Crippen LogP contribution in [0, 0.1) is 0 Å². The van der Waals surface area contributed by atoms with Crippen molar-refractivity contribution < 1.29 is 23.8 Å². The van der Waals surface area contributed by atoms with Crippen molar-refractivity contribution in [2.45, 2.75) is 0 Å². The number of halogens is 1. The first-order chi connectivity index (χ1) is 12.0. The Morgan fingerprint density at radius 1 is 1.04 bits per heavy atom. The molecule has 6 heteroatoms. The fourth-order valence-electron chi connectivity index (χ4n) is 2.02. The molecule has 0 fully saturated rings. The fourth-order valence-corrected chi connectivity index (χ4v) is 2.28. The van der Waals surface area contributed by atoms with E-state index in [4.69, 9.17) is 14.2 Å². The zero-order valence-electron chi connectivity index (χ0n) is 13.8. The number of benzene rings is 2. The third-order valence-electron chi connectivity index (χ3n) is 3.35. The number of rotatable bonds is 7. The van der Waals surface area contributed by atoms with Crippen LogP contribution in [0.4, 0.5) is 0 Å². The Hall–Kier alpha value is -2.60. The van der Waals surface area contributed by atoms with Crippen LogP contribution in [0.3, 0.4) is 0 Å². The SMILES string of the molecule is COc1ccc(/C=C/C(=O)OCC(=O)c2ccc(Br)cc2)c(OC)c1. The summed E-state index contributed by atoms with van der Waals surface area (Å²) in [5, 5.41) is 0. The van der Waals surface area contributed by atoms with E-state index in [9.17, 15) is 9.59 Å². The Morgan fingerprint density at radius 3 is 2.40 bits per heavy atom. The van der Waals surface area contributed by atoms with Gasteiger partial charge in [-0.1, -0.05) is 28.1 Å². The lowest BCUT2D eigenvalue weighted by atomic mass is 10.1. The van der Waals surface area contributed by atoms with Crippen LogP contribution < -0.4 is 9.47 Å². The predicted octanol–water partition coefficient (Wildman–Crippen LogP) is 3.91. The van der Waals surface area contributed by atoms with E-state index in [1.54, 1.807) is 55.7 Å². The number of hydrogen-bond donors (Lipinski definition) is 0. The molecule has 25 heavy (non-hydrogen) atoms. The van der Waals surface area contributed by atoms with Crippen LogP contribution in [0.1, 0.15) is 15.9 Å². The van der Waals surface area contributed by atoms with Crippen LogP contribution in [-0.2, 0) is 9.53 Å². The minimum Gasteiger partial charge on any atom is -0.497 e. The lowest BCUT2D eigenvalue weighted by Crippen LogP contribution is -2.12. The Balaban J connectivity index is 1.94. The standard InChI is InChI=1S/C19H17BrO5/c1-23-16-9-5-14(18(11-16)24-2)6-10-19(22)25-12-17(21)13-3-7-15(20)8-4-13/h3-11H,12H2,1-2H3/b10-6+. The molecule has 0 saturated heterocycles. The summed E-state index contributed by atoms with van der Waals surface area (Å²) in [6, 6.07) is 12.1. The van der Waals surface area contributed by atoms with Gasteiger partial charge in [0.1, 0.15) is 11.5 Å². The molecule has 5 nitrogen and oxygen atoms in total. The molecule has 0 saturated carbocycles. The molecule has 0 radical (unpaired) electrons. The molecule has 0 N–H and O–H groups in total. The molecule has 0 heterocycles. The number of ether oxygens (including phenoxy) is 3. The number of methoxy groups -OCH3 is 2. The Bertz CT molecular complexity index is 781. The van der Waals surface area contributed by atoms with Gasteiger partial charge in [0.25, 0.3) is 0 Å². The van der Waals surface area contributed by atoms with E-state index in [2.05, 4.69) is 15.9 Å². The number of carbonyl (C=O) groups is 2. The van der Waals surface area contributed by atoms with Crippen molar-refractivity contribution in [2.75, 3.05) is 20.8 Å². The van der Waals surface area contributed by atoms with Gasteiger partial charge in [0.05, 0.1) is 14.2 Å². The van der Waals surface area contributed by atoms with Gasteiger partial charge in [-0.25, -0.2) is 4.79 Å². The normalized spacial score (nSPS) is 10.5. The van der Waals surface area contributed by atoms with E-state index < -0.39 is 5.97 Å². The zero-order valence-corrected chi connectivity index (χ0v) is 15.4. The van der Waals surface area contributed by atoms with Crippen molar-refractivity contribution in [3.05, 3.63) is 64.1 Å². The summed E-state index contributed by atoms with van der Waals surface area (Å²) in [6.45, 7) is -0.315. The van der Waals surface area contributed by atoms with Crippen LogP contribution in [0.15, 0.2) is 53.0 Å². The van der Waals surface area contributed by atoms with Crippen molar-refractivity contribution in [1.82, 2.24) is 0 Å². The topological polar surface area (TPSA) is 61.8 Å². The number of carbonyl (C=O) groups excluding carboxylic acids is 2. The maximum absolute atomic E-state index is 12.0. The molecule has 130 valence electrons. The second kappa shape index (κ2) is 9.03. The maximum Gasteiger partial charge on any atom is 0.331 e. The van der Waals surface area contributed by atoms with E-state index in [0.717, 1.165) is 4.47 Å². The van der Waals surface area contributed by atoms with Crippen molar-refractivity contribution in [3.63, 3.8) is 0 Å². The first kappa shape index (κ1) is 18.7. The van der Waals surface area contributed by atoms with Crippen molar-refractivity contribution in [1.29, 1.82) is 0 Å². The van der Waals surface area contributed by atoms with Crippen LogP contribution in [-0.4, -0.2) is 32.6 Å². The number of ketones is 1. The van der Waals surface area contributed by atoms with E-state index in [1.807, 2.05) is 0 Å². The van der Waals surface area contributed by atoms with Gasteiger partial charge >= 0.3 is 5.97 Å². The number of hydrogen-bond acceptors (Lipinski definition) is 5. The quantitative estimate of drug-likeness (QED) is 0.397. The van der Waals surface area contributed by atoms with Gasteiger partial charge in [-0.2, -0.15) is 0 Å². The minimum atomic E-state index is -0.608. The highest BCUT2D eigenvalue weighted by atomic mass is 79.9. The lowest BCUT2D eigenvalue weighted by molar-refractivity contribution is -0.136. The molecule has 0 amide bonds. The largest absolute Gasteiger partial charge is 0.497 e. The number of esters is 1. The highest BCUT2D eigenvalue weighted by molar-refractivity contribution is 9.10. The highest BCUT2D eigenvalue weighted by Gasteiger charge is 2.09. The van der Waals surface area contributed by atoms with Crippen molar-refractivity contribution in [3.8, 4) is 11.5 Å². The number of Topliss-reactive ketones (excluding diaryl/α,β-unsaturated/α-hetero) is 1. The zero-order chi connectivity index (χ0) is 18.2. The first-order valence-corrected chi connectivity index (χ1v) is 8.18. The van der Waals surface area contributed by atoms with E-state index in [1.165, 1.54) is 13.2 Å². The monoisotopic (exact) mass is 404 g/mol. The molecule has 0 aromatic heterocycles. The lowest BCUT2D eigenvalue weighted by Gasteiger charge is -2.07. The molecule has 2 rings (SSSR count). The van der Waals surface area contributed by atoms with Gasteiger partial charge in [0.15, 0.2) is 12.4 Å². The van der Waals surface area contributed by atoms with Crippen LogP contribution in [0.25, 0.3) is 6.08 Å². The first-order valence-electron chi connectivity index (χ1n) is 7.39. The molecule has 0 bridgehead atoms. The molecule has 2 aromatic carbocycles. The molecule has 0 aliphatic rings. The summed E-state index contributed by atoms with van der Waals surface area (Å²) in [5.74, 6) is 0.339. The third-order valence-corrected chi connectivity index (χ3v) is 3.88. The maximum atomic E-state index is 12.0. The second-order valence-corrected chi connectivity index (χ2v) is 5.89. The minimum absolute atomic E-state index is 0.267. The summed E-state index contributed by atoms with van der Waals surface area (Å²) < 4.78 is 16.2. The molecule has 2 aromatic rings. The summed E-state index contributed by atoms with van der Waals surface area (Å²) in [4.78, 5) is 23.7. The van der Waals surface area contributed by atoms with Gasteiger partial charge < -0.3 is 14.2 Å². The summed E-state index contributed by atoms with van der Waals surface area (Å²) in [7, 11) is 3.09. The molecular formula is C19H17BrO5. The average Bonchev–Trinajstić information content (AvgIpc) is 2.64. The van der Waals surface area contributed by atoms with E-state index >= 15 is 0 Å². The Kier molecular flexibility index (Phi) is 6.77. The Morgan fingerprint density at radius 2 is 1.76 bits per heavy atom. The fraction of sp³-hybridized carbons (Fsp3) is 0.158. The molecule has 0 aliphatic heterocycles. The smallest absolute Gasteiger partial charge is 0.331 e. The summed E-state index contributed by atoms with van der Waals surface area (Å²) in [5.41, 5.74) is 1.18. The van der Waals surface area contributed by atoms with Crippen LogP contribution >= 0.6 is 15.9 Å². The molecule has 0 aliphatic carbocycles. The molecule has 0 unspecified atom stereocenters. The van der Waals surface area contributed by atoms with Gasteiger partial charge in [-0.05, 0) is 30.3 Å². The van der Waals surface area contributed by atoms with Gasteiger partial charge in [-0.15, -0.1) is 0 Å². The summed E-state index contributed by atoms with van der Waals surface area (Å²) >= 11 is 3.30. The van der Waals surface area contributed by atoms with Gasteiger partial charge in [0.2, 0.25) is 0 Å². The van der Waals surface area contributed by atoms with Gasteiger partial charge in [0, 0.05) is 27.7 Å². The van der Waals surface area contributed by atoms with Crippen molar-refractivity contribution >= 4 is 33.8 Å². The van der Waals surface area contributed by atoms with E-state index in [0.29, 0.717) is 22.6 Å². The molecule has 0 atom stereocenters. The second-order valence-electron chi connectivity index (χ2n) is 4.98. The predicted molar refractivity (Wildman–Crippen MR) is 98.0 cm³/mol.